The highest BCUT2D eigenvalue weighted by Crippen LogP contribution is 2.20. The van der Waals surface area contributed by atoms with Gasteiger partial charge >= 0.3 is 0 Å². The molecule has 0 bridgehead atoms. The number of rotatable bonds is 6. The van der Waals surface area contributed by atoms with Gasteiger partial charge in [0, 0.05) is 23.2 Å². The molecule has 1 rings (SSSR count). The van der Waals surface area contributed by atoms with Crippen molar-refractivity contribution >= 4 is 23.2 Å². The topological polar surface area (TPSA) is 32.3 Å². The lowest BCUT2D eigenvalue weighted by Crippen LogP contribution is -2.15. The van der Waals surface area contributed by atoms with E-state index in [-0.39, 0.29) is 6.61 Å². The second kappa shape index (κ2) is 7.07. The highest BCUT2D eigenvalue weighted by Gasteiger charge is 2.00. The van der Waals surface area contributed by atoms with Crippen molar-refractivity contribution in [3.05, 3.63) is 33.8 Å². The summed E-state index contributed by atoms with van der Waals surface area (Å²) in [5, 5.41) is 13.2. The van der Waals surface area contributed by atoms with Gasteiger partial charge in [-0.15, -0.1) is 0 Å². The van der Waals surface area contributed by atoms with E-state index in [2.05, 4.69) is 5.32 Å². The first-order chi connectivity index (χ1) is 7.24. The van der Waals surface area contributed by atoms with Gasteiger partial charge < -0.3 is 10.4 Å². The molecule has 1 aromatic carbocycles. The average Bonchev–Trinajstić information content (AvgIpc) is 2.20. The molecule has 0 heterocycles. The molecule has 0 amide bonds. The molecule has 2 nitrogen and oxygen atoms in total. The summed E-state index contributed by atoms with van der Waals surface area (Å²) in [4.78, 5) is 0. The molecule has 0 radical (unpaired) electrons. The maximum absolute atomic E-state index is 8.59. The number of halogens is 2. The third-order valence-electron chi connectivity index (χ3n) is 2.09. The molecule has 0 spiro atoms. The highest BCUT2D eigenvalue weighted by atomic mass is 35.5. The Labute approximate surface area is 100 Å². The van der Waals surface area contributed by atoms with Crippen LogP contribution in [0.5, 0.6) is 0 Å². The van der Waals surface area contributed by atoms with E-state index in [1.807, 2.05) is 12.1 Å². The third-order valence-corrected chi connectivity index (χ3v) is 2.68. The van der Waals surface area contributed by atoms with Crippen LogP contribution in [0.25, 0.3) is 0 Å². The molecule has 15 heavy (non-hydrogen) atoms. The lowest BCUT2D eigenvalue weighted by atomic mass is 10.2. The number of unbranched alkanes of at least 4 members (excludes halogenated alkanes) is 1. The van der Waals surface area contributed by atoms with Crippen molar-refractivity contribution in [2.75, 3.05) is 13.2 Å². The number of aliphatic hydroxyl groups excluding tert-OH is 1. The second-order valence-electron chi connectivity index (χ2n) is 3.34. The van der Waals surface area contributed by atoms with Crippen LogP contribution in [-0.4, -0.2) is 18.3 Å². The third kappa shape index (κ3) is 4.85. The number of hydrogen-bond acceptors (Lipinski definition) is 2. The normalized spacial score (nSPS) is 10.6. The summed E-state index contributed by atoms with van der Waals surface area (Å²) in [5.74, 6) is 0. The lowest BCUT2D eigenvalue weighted by molar-refractivity contribution is 0.283. The van der Waals surface area contributed by atoms with E-state index in [0.29, 0.717) is 10.0 Å². The molecule has 1 aromatic rings. The molecule has 84 valence electrons. The van der Waals surface area contributed by atoms with Crippen molar-refractivity contribution < 1.29 is 5.11 Å². The number of hydrogen-bond donors (Lipinski definition) is 2. The summed E-state index contributed by atoms with van der Waals surface area (Å²) in [6.07, 6.45) is 1.81. The fourth-order valence-electron chi connectivity index (χ4n) is 1.25. The summed E-state index contributed by atoms with van der Waals surface area (Å²) in [7, 11) is 0. The van der Waals surface area contributed by atoms with E-state index in [1.165, 1.54) is 0 Å². The minimum atomic E-state index is 0.253. The van der Waals surface area contributed by atoms with Gasteiger partial charge in [0.1, 0.15) is 0 Å². The average molecular weight is 248 g/mol. The van der Waals surface area contributed by atoms with Crippen molar-refractivity contribution in [2.45, 2.75) is 19.4 Å². The van der Waals surface area contributed by atoms with Gasteiger partial charge in [-0.25, -0.2) is 0 Å². The predicted molar refractivity (Wildman–Crippen MR) is 64.5 cm³/mol. The SMILES string of the molecule is OCCCCNCc1ccc(Cl)cc1Cl. The number of benzene rings is 1. The Morgan fingerprint density at radius 3 is 2.67 bits per heavy atom. The Morgan fingerprint density at radius 1 is 1.20 bits per heavy atom. The molecule has 0 saturated heterocycles. The Kier molecular flexibility index (Phi) is 6.03. The molecule has 4 heteroatoms. The van der Waals surface area contributed by atoms with E-state index in [4.69, 9.17) is 28.3 Å². The zero-order chi connectivity index (χ0) is 11.1. The van der Waals surface area contributed by atoms with E-state index in [0.717, 1.165) is 31.5 Å². The van der Waals surface area contributed by atoms with Crippen molar-refractivity contribution in [3.63, 3.8) is 0 Å². The second-order valence-corrected chi connectivity index (χ2v) is 4.19. The van der Waals surface area contributed by atoms with E-state index < -0.39 is 0 Å². The summed E-state index contributed by atoms with van der Waals surface area (Å²) in [5.41, 5.74) is 1.05. The van der Waals surface area contributed by atoms with Crippen molar-refractivity contribution in [3.8, 4) is 0 Å². The first kappa shape index (κ1) is 12.8. The zero-order valence-electron chi connectivity index (χ0n) is 8.47. The Balaban J connectivity index is 2.31. The Hall–Kier alpha value is -0.280. The molecule has 0 fully saturated rings. The van der Waals surface area contributed by atoms with E-state index in [1.54, 1.807) is 6.07 Å². The first-order valence-corrected chi connectivity index (χ1v) is 5.75. The van der Waals surface area contributed by atoms with Gasteiger partial charge in [0.2, 0.25) is 0 Å². The van der Waals surface area contributed by atoms with Crippen LogP contribution in [0, 0.1) is 0 Å². The first-order valence-electron chi connectivity index (χ1n) is 4.99. The summed E-state index contributed by atoms with van der Waals surface area (Å²) >= 11 is 11.8. The van der Waals surface area contributed by atoms with Crippen LogP contribution >= 0.6 is 23.2 Å². The molecular weight excluding hydrogens is 233 g/mol. The minimum absolute atomic E-state index is 0.253. The quantitative estimate of drug-likeness (QED) is 0.759. The van der Waals surface area contributed by atoms with Gasteiger partial charge in [0.25, 0.3) is 0 Å². The van der Waals surface area contributed by atoms with Crippen LogP contribution < -0.4 is 5.32 Å². The maximum Gasteiger partial charge on any atom is 0.0465 e. The molecule has 0 aromatic heterocycles. The van der Waals surface area contributed by atoms with Crippen LogP contribution in [0.3, 0.4) is 0 Å². The van der Waals surface area contributed by atoms with Gasteiger partial charge in [-0.2, -0.15) is 0 Å². The van der Waals surface area contributed by atoms with Gasteiger partial charge in [0.05, 0.1) is 0 Å². The fraction of sp³-hybridized carbons (Fsp3) is 0.455. The van der Waals surface area contributed by atoms with E-state index in [9.17, 15) is 0 Å². The largest absolute Gasteiger partial charge is 0.396 e. The van der Waals surface area contributed by atoms with Crippen LogP contribution in [-0.2, 0) is 6.54 Å². The number of nitrogens with one attached hydrogen (secondary N) is 1. The lowest BCUT2D eigenvalue weighted by Gasteiger charge is -2.06. The summed E-state index contributed by atoms with van der Waals surface area (Å²) in [6.45, 7) is 1.88. The molecule has 0 saturated carbocycles. The molecule has 0 aliphatic rings. The van der Waals surface area contributed by atoms with Gasteiger partial charge in [-0.1, -0.05) is 29.3 Å². The van der Waals surface area contributed by atoms with Crippen LogP contribution in [0.1, 0.15) is 18.4 Å². The fourth-order valence-corrected chi connectivity index (χ4v) is 1.73. The van der Waals surface area contributed by atoms with E-state index >= 15 is 0 Å². The van der Waals surface area contributed by atoms with Crippen molar-refractivity contribution in [1.29, 1.82) is 0 Å². The molecule has 2 N–H and O–H groups in total. The maximum atomic E-state index is 8.59. The standard InChI is InChI=1S/C11H15Cl2NO/c12-10-4-3-9(11(13)7-10)8-14-5-1-2-6-15/h3-4,7,14-15H,1-2,5-6,8H2. The van der Waals surface area contributed by atoms with Crippen LogP contribution in [0.15, 0.2) is 18.2 Å². The van der Waals surface area contributed by atoms with Crippen LogP contribution in [0.4, 0.5) is 0 Å². The van der Waals surface area contributed by atoms with Crippen LogP contribution in [0.2, 0.25) is 10.0 Å². The minimum Gasteiger partial charge on any atom is -0.396 e. The predicted octanol–water partition coefficient (Wildman–Crippen LogP) is 2.86. The Bertz CT molecular complexity index is 305. The van der Waals surface area contributed by atoms with Gasteiger partial charge in [0.15, 0.2) is 0 Å². The Morgan fingerprint density at radius 2 is 2.00 bits per heavy atom. The highest BCUT2D eigenvalue weighted by molar-refractivity contribution is 6.35. The number of aliphatic hydroxyl groups is 1. The summed E-state index contributed by atoms with van der Waals surface area (Å²) < 4.78 is 0. The smallest absolute Gasteiger partial charge is 0.0465 e. The van der Waals surface area contributed by atoms with Crippen molar-refractivity contribution in [2.24, 2.45) is 0 Å². The molecule has 0 aliphatic carbocycles. The van der Waals surface area contributed by atoms with Gasteiger partial charge in [-0.05, 0) is 37.1 Å². The molecule has 0 unspecified atom stereocenters. The van der Waals surface area contributed by atoms with Crippen molar-refractivity contribution in [1.82, 2.24) is 5.32 Å². The molecule has 0 atom stereocenters. The molecule has 0 aliphatic heterocycles. The molecular formula is C11H15Cl2NO. The zero-order valence-corrected chi connectivity index (χ0v) is 9.98. The van der Waals surface area contributed by atoms with Gasteiger partial charge in [-0.3, -0.25) is 0 Å². The monoisotopic (exact) mass is 247 g/mol. The summed E-state index contributed by atoms with van der Waals surface area (Å²) in [6, 6.07) is 5.50.